The van der Waals surface area contributed by atoms with Crippen LogP contribution in [0.2, 0.25) is 10.0 Å². The minimum absolute atomic E-state index is 0.215. The topological polar surface area (TPSA) is 73.1 Å². The maximum absolute atomic E-state index is 8.96. The highest BCUT2D eigenvalue weighted by Gasteiger charge is 2.07. The van der Waals surface area contributed by atoms with E-state index in [-0.39, 0.29) is 13.2 Å². The van der Waals surface area contributed by atoms with Crippen molar-refractivity contribution >= 4 is 23.2 Å². The van der Waals surface area contributed by atoms with Gasteiger partial charge in [-0.3, -0.25) is 0 Å². The predicted octanol–water partition coefficient (Wildman–Crippen LogP) is 3.04. The third kappa shape index (κ3) is 3.61. The molecule has 1 aromatic carbocycles. The van der Waals surface area contributed by atoms with E-state index in [1.54, 1.807) is 36.5 Å². The lowest BCUT2D eigenvalue weighted by Crippen LogP contribution is -2.01. The molecule has 0 spiro atoms. The van der Waals surface area contributed by atoms with Gasteiger partial charge in [-0.05, 0) is 24.3 Å². The first-order chi connectivity index (χ1) is 11.2. The van der Waals surface area contributed by atoms with Crippen LogP contribution in [-0.4, -0.2) is 24.9 Å². The summed E-state index contributed by atoms with van der Waals surface area (Å²) in [7, 11) is 0. The Kier molecular flexibility index (Phi) is 4.76. The highest BCUT2D eigenvalue weighted by molar-refractivity contribution is 6.35. The molecular weight excluding hydrogens is 339 g/mol. The first kappa shape index (κ1) is 15.7. The van der Waals surface area contributed by atoms with E-state index in [9.17, 15) is 0 Å². The monoisotopic (exact) mass is 350 g/mol. The second-order valence-corrected chi connectivity index (χ2v) is 5.42. The summed E-state index contributed by atoms with van der Waals surface area (Å²) in [5, 5.41) is 14.1. The lowest BCUT2D eigenvalue weighted by Gasteiger charge is -2.09. The molecule has 23 heavy (non-hydrogen) atoms. The Morgan fingerprint density at radius 3 is 2.48 bits per heavy atom. The van der Waals surface area contributed by atoms with E-state index < -0.39 is 0 Å². The van der Waals surface area contributed by atoms with Gasteiger partial charge in [0, 0.05) is 15.6 Å². The Morgan fingerprint density at radius 2 is 1.87 bits per heavy atom. The molecule has 6 nitrogen and oxygen atoms in total. The average Bonchev–Trinajstić information content (AvgIpc) is 3.04. The smallest absolute Gasteiger partial charge is 0.176 e. The number of aliphatic hydroxyl groups excluding tert-OH is 1. The van der Waals surface area contributed by atoms with Crippen LogP contribution in [0.5, 0.6) is 5.75 Å². The summed E-state index contributed by atoms with van der Waals surface area (Å²) in [6.07, 6.45) is 3.05. The van der Waals surface area contributed by atoms with Crippen LogP contribution in [0.25, 0.3) is 5.82 Å². The zero-order valence-electron chi connectivity index (χ0n) is 11.9. The number of hydrogen-bond donors (Lipinski definition) is 1. The molecule has 0 fully saturated rings. The fourth-order valence-electron chi connectivity index (χ4n) is 1.90. The van der Waals surface area contributed by atoms with Crippen LogP contribution in [-0.2, 0) is 13.2 Å². The molecule has 118 valence electrons. The standard InChI is InChI=1S/C15H12Cl2N4O2/c16-12-2-1-3-13(17)11(12)8-23-10-4-5-15(18-6-10)21-9-19-14(7-22)20-21/h1-6,9,22H,7-8H2. The van der Waals surface area contributed by atoms with Gasteiger partial charge in [0.1, 0.15) is 25.3 Å². The molecule has 0 aliphatic carbocycles. The van der Waals surface area contributed by atoms with Gasteiger partial charge < -0.3 is 9.84 Å². The molecule has 0 unspecified atom stereocenters. The minimum atomic E-state index is -0.215. The number of benzene rings is 1. The lowest BCUT2D eigenvalue weighted by molar-refractivity contribution is 0.271. The number of aromatic nitrogens is 4. The number of ether oxygens (including phenoxy) is 1. The van der Waals surface area contributed by atoms with E-state index in [1.807, 2.05) is 0 Å². The maximum atomic E-state index is 8.96. The van der Waals surface area contributed by atoms with Crippen molar-refractivity contribution in [3.63, 3.8) is 0 Å². The molecule has 0 radical (unpaired) electrons. The number of halogens is 2. The second-order valence-electron chi connectivity index (χ2n) is 4.60. The summed E-state index contributed by atoms with van der Waals surface area (Å²) in [4.78, 5) is 8.17. The van der Waals surface area contributed by atoms with E-state index in [0.717, 1.165) is 5.56 Å². The van der Waals surface area contributed by atoms with Crippen LogP contribution in [0.4, 0.5) is 0 Å². The zero-order valence-corrected chi connectivity index (χ0v) is 13.4. The third-order valence-electron chi connectivity index (χ3n) is 3.08. The molecule has 1 N–H and O–H groups in total. The van der Waals surface area contributed by atoms with Gasteiger partial charge in [0.25, 0.3) is 0 Å². The Hall–Kier alpha value is -2.15. The minimum Gasteiger partial charge on any atom is -0.487 e. The largest absolute Gasteiger partial charge is 0.487 e. The van der Waals surface area contributed by atoms with Gasteiger partial charge in [-0.2, -0.15) is 0 Å². The van der Waals surface area contributed by atoms with Crippen LogP contribution in [0.3, 0.4) is 0 Å². The van der Waals surface area contributed by atoms with Crippen LogP contribution >= 0.6 is 23.2 Å². The van der Waals surface area contributed by atoms with Gasteiger partial charge in [0.05, 0.1) is 6.20 Å². The highest BCUT2D eigenvalue weighted by Crippen LogP contribution is 2.25. The summed E-state index contributed by atoms with van der Waals surface area (Å²) in [6.45, 7) is 0.0321. The predicted molar refractivity (Wildman–Crippen MR) is 85.9 cm³/mol. The van der Waals surface area contributed by atoms with Gasteiger partial charge in [0.15, 0.2) is 11.6 Å². The number of pyridine rings is 1. The molecule has 8 heteroatoms. The summed E-state index contributed by atoms with van der Waals surface area (Å²) in [5.74, 6) is 1.48. The van der Waals surface area contributed by atoms with Gasteiger partial charge in [0.2, 0.25) is 0 Å². The van der Waals surface area contributed by atoms with Crippen molar-refractivity contribution in [3.05, 3.63) is 64.3 Å². The summed E-state index contributed by atoms with van der Waals surface area (Å²) in [5.41, 5.74) is 0.726. The van der Waals surface area contributed by atoms with Crippen molar-refractivity contribution in [2.75, 3.05) is 0 Å². The average molecular weight is 351 g/mol. The van der Waals surface area contributed by atoms with E-state index in [4.69, 9.17) is 33.0 Å². The van der Waals surface area contributed by atoms with Crippen molar-refractivity contribution < 1.29 is 9.84 Å². The Balaban J connectivity index is 1.70. The quantitative estimate of drug-likeness (QED) is 0.765. The molecular formula is C15H12Cl2N4O2. The summed E-state index contributed by atoms with van der Waals surface area (Å²) >= 11 is 12.2. The lowest BCUT2D eigenvalue weighted by atomic mass is 10.2. The third-order valence-corrected chi connectivity index (χ3v) is 3.79. The van der Waals surface area contributed by atoms with E-state index in [2.05, 4.69) is 15.1 Å². The zero-order chi connectivity index (χ0) is 16.2. The first-order valence-corrected chi connectivity index (χ1v) is 7.46. The number of nitrogens with zero attached hydrogens (tertiary/aromatic N) is 4. The van der Waals surface area contributed by atoms with Crippen molar-refractivity contribution in [2.45, 2.75) is 13.2 Å². The molecule has 0 saturated carbocycles. The molecule has 2 aromatic heterocycles. The molecule has 2 heterocycles. The van der Waals surface area contributed by atoms with E-state index in [0.29, 0.717) is 27.4 Å². The molecule has 0 bridgehead atoms. The van der Waals surface area contributed by atoms with E-state index in [1.165, 1.54) is 11.0 Å². The fraction of sp³-hybridized carbons (Fsp3) is 0.133. The molecule has 3 aromatic rings. The number of hydrogen-bond acceptors (Lipinski definition) is 5. The van der Waals surface area contributed by atoms with Crippen molar-refractivity contribution in [1.82, 2.24) is 19.7 Å². The fourth-order valence-corrected chi connectivity index (χ4v) is 2.41. The summed E-state index contributed by atoms with van der Waals surface area (Å²) in [6, 6.07) is 8.80. The normalized spacial score (nSPS) is 10.7. The van der Waals surface area contributed by atoms with Crippen molar-refractivity contribution in [3.8, 4) is 11.6 Å². The van der Waals surface area contributed by atoms with Crippen molar-refractivity contribution in [2.24, 2.45) is 0 Å². The molecule has 0 amide bonds. The first-order valence-electron chi connectivity index (χ1n) is 6.71. The van der Waals surface area contributed by atoms with E-state index >= 15 is 0 Å². The van der Waals surface area contributed by atoms with Gasteiger partial charge in [-0.25, -0.2) is 14.6 Å². The summed E-state index contributed by atoms with van der Waals surface area (Å²) < 4.78 is 7.13. The second kappa shape index (κ2) is 6.95. The van der Waals surface area contributed by atoms with Crippen molar-refractivity contribution in [1.29, 1.82) is 0 Å². The molecule has 3 rings (SSSR count). The Bertz CT molecular complexity index is 785. The highest BCUT2D eigenvalue weighted by atomic mass is 35.5. The van der Waals surface area contributed by atoms with Gasteiger partial charge in [-0.1, -0.05) is 29.3 Å². The molecule has 0 saturated heterocycles. The maximum Gasteiger partial charge on any atom is 0.176 e. The SMILES string of the molecule is OCc1ncn(-c2ccc(OCc3c(Cl)cccc3Cl)cn2)n1. The van der Waals surface area contributed by atoms with Crippen LogP contribution < -0.4 is 4.74 Å². The van der Waals surface area contributed by atoms with Gasteiger partial charge >= 0.3 is 0 Å². The van der Waals surface area contributed by atoms with Crippen LogP contribution in [0.1, 0.15) is 11.4 Å². The molecule has 0 atom stereocenters. The number of rotatable bonds is 5. The van der Waals surface area contributed by atoms with Crippen LogP contribution in [0.15, 0.2) is 42.9 Å². The van der Waals surface area contributed by atoms with Crippen LogP contribution in [0, 0.1) is 0 Å². The molecule has 0 aliphatic heterocycles. The Labute approximate surface area is 142 Å². The molecule has 0 aliphatic rings. The Morgan fingerprint density at radius 1 is 1.09 bits per heavy atom. The van der Waals surface area contributed by atoms with Gasteiger partial charge in [-0.15, -0.1) is 5.10 Å². The number of aliphatic hydroxyl groups is 1.